The van der Waals surface area contributed by atoms with Crippen LogP contribution in [0.5, 0.6) is 0 Å². The Labute approximate surface area is 170 Å². The molecule has 4 aromatic carbocycles. The fraction of sp³-hybridized carbons (Fsp3) is 0. The summed E-state index contributed by atoms with van der Waals surface area (Å²) in [6, 6.07) is 34.5. The predicted molar refractivity (Wildman–Crippen MR) is 116 cm³/mol. The third-order valence-corrected chi connectivity index (χ3v) is 7.23. The summed E-state index contributed by atoms with van der Waals surface area (Å²) in [6.07, 6.45) is 0. The molecular weight excluding hydrogens is 409 g/mol. The number of fused-ring (bicyclic) bond motifs is 2. The van der Waals surface area contributed by atoms with Gasteiger partial charge < -0.3 is 0 Å². The van der Waals surface area contributed by atoms with Crippen molar-refractivity contribution in [3.63, 3.8) is 0 Å². The number of benzene rings is 4. The Bertz CT molecular complexity index is 1110. The van der Waals surface area contributed by atoms with Crippen LogP contribution in [-0.4, -0.2) is 20.7 Å². The maximum absolute atomic E-state index is 12.7. The van der Waals surface area contributed by atoms with E-state index >= 15 is 0 Å². The molecule has 0 amide bonds. The maximum atomic E-state index is 12.7. The Morgan fingerprint density at radius 2 is 1.07 bits per heavy atom. The van der Waals surface area contributed by atoms with Crippen LogP contribution in [0.3, 0.4) is 0 Å². The van der Waals surface area contributed by atoms with Gasteiger partial charge in [0.2, 0.25) is 0 Å². The van der Waals surface area contributed by atoms with Crippen LogP contribution in [0, 0.1) is 0 Å². The fourth-order valence-corrected chi connectivity index (χ4v) is 5.72. The second-order valence-electron chi connectivity index (χ2n) is 6.61. The number of hydrogen-bond acceptors (Lipinski definition) is 2. The first-order valence-corrected chi connectivity index (χ1v) is 10.9. The number of rotatable bonds is 3. The molecule has 1 aliphatic rings. The van der Waals surface area contributed by atoms with E-state index in [4.69, 9.17) is 0 Å². The van der Waals surface area contributed by atoms with Crippen molar-refractivity contribution < 1.29 is 4.79 Å². The SMILES string of the molecule is O=C(c1ccccc1)c1ccc(N2c3ccccc3[Se]c3ccccc32)cc1. The number of ketones is 1. The fourth-order valence-electron chi connectivity index (χ4n) is 3.50. The molecule has 4 aromatic rings. The summed E-state index contributed by atoms with van der Waals surface area (Å²) in [6.45, 7) is 0. The van der Waals surface area contributed by atoms with Gasteiger partial charge in [-0.25, -0.2) is 0 Å². The van der Waals surface area contributed by atoms with Gasteiger partial charge in [0.1, 0.15) is 0 Å². The molecular formula is C25H17NOSe. The summed E-state index contributed by atoms with van der Waals surface area (Å²) >= 11 is 0.299. The molecule has 0 atom stereocenters. The first kappa shape index (κ1) is 17.0. The summed E-state index contributed by atoms with van der Waals surface area (Å²) in [5.74, 6) is 0.0509. The van der Waals surface area contributed by atoms with Crippen molar-refractivity contribution in [2.24, 2.45) is 0 Å². The van der Waals surface area contributed by atoms with Gasteiger partial charge in [-0.3, -0.25) is 0 Å². The van der Waals surface area contributed by atoms with Gasteiger partial charge in [0.25, 0.3) is 0 Å². The summed E-state index contributed by atoms with van der Waals surface area (Å²) in [4.78, 5) is 15.0. The predicted octanol–water partition coefficient (Wildman–Crippen LogP) is 4.36. The number of nitrogens with zero attached hydrogens (tertiary/aromatic N) is 1. The Morgan fingerprint density at radius 1 is 0.571 bits per heavy atom. The zero-order valence-electron chi connectivity index (χ0n) is 15.1. The van der Waals surface area contributed by atoms with Gasteiger partial charge in [0, 0.05) is 0 Å². The zero-order valence-corrected chi connectivity index (χ0v) is 16.8. The van der Waals surface area contributed by atoms with Crippen molar-refractivity contribution in [1.82, 2.24) is 0 Å². The van der Waals surface area contributed by atoms with Gasteiger partial charge in [-0.15, -0.1) is 0 Å². The number of anilines is 3. The summed E-state index contributed by atoms with van der Waals surface area (Å²) in [7, 11) is 0. The molecule has 5 rings (SSSR count). The van der Waals surface area contributed by atoms with Crippen molar-refractivity contribution in [1.29, 1.82) is 0 Å². The molecule has 28 heavy (non-hydrogen) atoms. The van der Waals surface area contributed by atoms with Crippen molar-refractivity contribution in [3.05, 3.63) is 114 Å². The molecule has 0 saturated carbocycles. The van der Waals surface area contributed by atoms with Crippen LogP contribution in [-0.2, 0) is 0 Å². The van der Waals surface area contributed by atoms with E-state index in [2.05, 4.69) is 53.4 Å². The van der Waals surface area contributed by atoms with Crippen LogP contribution in [0.25, 0.3) is 0 Å². The third kappa shape index (κ3) is 2.95. The van der Waals surface area contributed by atoms with Gasteiger partial charge in [0.15, 0.2) is 0 Å². The molecule has 0 radical (unpaired) electrons. The van der Waals surface area contributed by atoms with Gasteiger partial charge in [-0.2, -0.15) is 0 Å². The number of para-hydroxylation sites is 2. The summed E-state index contributed by atoms with van der Waals surface area (Å²) < 4.78 is 2.75. The Kier molecular flexibility index (Phi) is 4.32. The van der Waals surface area contributed by atoms with Crippen LogP contribution in [0.2, 0.25) is 0 Å². The topological polar surface area (TPSA) is 20.3 Å². The first-order chi connectivity index (χ1) is 13.8. The monoisotopic (exact) mass is 427 g/mol. The Hall–Kier alpha value is -3.13. The van der Waals surface area contributed by atoms with Gasteiger partial charge >= 0.3 is 171 Å². The second kappa shape index (κ2) is 7.12. The van der Waals surface area contributed by atoms with Crippen molar-refractivity contribution in [3.8, 4) is 0 Å². The van der Waals surface area contributed by atoms with E-state index in [1.54, 1.807) is 0 Å². The molecule has 0 saturated heterocycles. The van der Waals surface area contributed by atoms with Crippen LogP contribution in [0.1, 0.15) is 15.9 Å². The summed E-state index contributed by atoms with van der Waals surface area (Å²) in [5.41, 5.74) is 4.94. The zero-order chi connectivity index (χ0) is 18.9. The number of carbonyl (C=O) groups is 1. The second-order valence-corrected chi connectivity index (χ2v) is 8.89. The van der Waals surface area contributed by atoms with E-state index in [0.29, 0.717) is 26.1 Å². The van der Waals surface area contributed by atoms with E-state index in [1.165, 1.54) is 20.3 Å². The molecule has 0 spiro atoms. The summed E-state index contributed by atoms with van der Waals surface area (Å²) in [5, 5.41) is 0. The van der Waals surface area contributed by atoms with Crippen molar-refractivity contribution >= 4 is 46.7 Å². The van der Waals surface area contributed by atoms with Gasteiger partial charge in [0.05, 0.1) is 0 Å². The Balaban J connectivity index is 1.56. The van der Waals surface area contributed by atoms with Gasteiger partial charge in [-0.05, 0) is 0 Å². The molecule has 1 aliphatic heterocycles. The average molecular weight is 426 g/mol. The first-order valence-electron chi connectivity index (χ1n) is 9.17. The minimum absolute atomic E-state index is 0.0509. The molecule has 0 aromatic heterocycles. The molecule has 0 aliphatic carbocycles. The molecule has 0 bridgehead atoms. The van der Waals surface area contributed by atoms with Crippen molar-refractivity contribution in [2.45, 2.75) is 0 Å². The molecule has 0 N–H and O–H groups in total. The Morgan fingerprint density at radius 3 is 1.68 bits per heavy atom. The molecule has 134 valence electrons. The molecule has 0 fully saturated rings. The van der Waals surface area contributed by atoms with Crippen LogP contribution >= 0.6 is 0 Å². The quantitative estimate of drug-likeness (QED) is 0.316. The van der Waals surface area contributed by atoms with Crippen LogP contribution in [0.4, 0.5) is 17.1 Å². The standard InChI is InChI=1S/C25H17NOSe/c27-25(18-8-2-1-3-9-18)19-14-16-20(17-15-19)26-21-10-4-6-12-23(21)28-24-13-7-5-11-22(24)26/h1-17H. The van der Waals surface area contributed by atoms with Crippen molar-refractivity contribution in [2.75, 3.05) is 4.90 Å². The average Bonchev–Trinajstić information content (AvgIpc) is 2.77. The van der Waals surface area contributed by atoms with Gasteiger partial charge in [-0.1, -0.05) is 0 Å². The molecule has 1 heterocycles. The number of hydrogen-bond donors (Lipinski definition) is 0. The van der Waals surface area contributed by atoms with E-state index in [-0.39, 0.29) is 5.78 Å². The third-order valence-electron chi connectivity index (χ3n) is 4.86. The van der Waals surface area contributed by atoms with E-state index < -0.39 is 0 Å². The molecule has 0 unspecified atom stereocenters. The van der Waals surface area contributed by atoms with E-state index in [1.807, 2.05) is 54.6 Å². The molecule has 3 heteroatoms. The van der Waals surface area contributed by atoms with E-state index in [0.717, 1.165) is 5.69 Å². The normalized spacial score (nSPS) is 12.2. The van der Waals surface area contributed by atoms with Crippen LogP contribution in [0.15, 0.2) is 103 Å². The number of carbonyl (C=O) groups excluding carboxylic acids is 1. The van der Waals surface area contributed by atoms with Crippen LogP contribution < -0.4 is 13.8 Å². The molecule has 2 nitrogen and oxygen atoms in total. The van der Waals surface area contributed by atoms with E-state index in [9.17, 15) is 4.79 Å². The minimum atomic E-state index is 0.0509.